The fourth-order valence-electron chi connectivity index (χ4n) is 4.16. The molecule has 0 radical (unpaired) electrons. The number of sulfone groups is 1. The largest absolute Gasteiger partial charge is 0.353 e. The van der Waals surface area contributed by atoms with Crippen molar-refractivity contribution < 1.29 is 13.2 Å². The summed E-state index contributed by atoms with van der Waals surface area (Å²) in [5, 5.41) is 3.17. The maximum absolute atomic E-state index is 13.2. The Kier molecular flexibility index (Phi) is 6.78. The molecule has 156 valence electrons. The minimum absolute atomic E-state index is 0.0458. The minimum atomic E-state index is -2.99. The van der Waals surface area contributed by atoms with Gasteiger partial charge in [-0.3, -0.25) is 14.6 Å². The van der Waals surface area contributed by atoms with Crippen LogP contribution in [0.25, 0.3) is 0 Å². The van der Waals surface area contributed by atoms with E-state index in [0.717, 1.165) is 18.7 Å². The summed E-state index contributed by atoms with van der Waals surface area (Å²) in [6.45, 7) is 7.90. The zero-order valence-electron chi connectivity index (χ0n) is 17.1. The van der Waals surface area contributed by atoms with Crippen LogP contribution in [0, 0.1) is 0 Å². The third-order valence-corrected chi connectivity index (χ3v) is 7.62. The molecule has 3 rings (SSSR count). The van der Waals surface area contributed by atoms with Gasteiger partial charge >= 0.3 is 0 Å². The highest BCUT2D eigenvalue weighted by molar-refractivity contribution is 7.91. The highest BCUT2D eigenvalue weighted by atomic mass is 32.2. The predicted molar refractivity (Wildman–Crippen MR) is 112 cm³/mol. The normalized spacial score (nSPS) is 22.5. The van der Waals surface area contributed by atoms with Crippen molar-refractivity contribution in [3.63, 3.8) is 0 Å². The second-order valence-corrected chi connectivity index (χ2v) is 10.9. The van der Waals surface area contributed by atoms with Crippen LogP contribution < -0.4 is 5.32 Å². The van der Waals surface area contributed by atoms with Crippen LogP contribution in [0.1, 0.15) is 44.7 Å². The van der Waals surface area contributed by atoms with Crippen LogP contribution in [0.3, 0.4) is 0 Å². The van der Waals surface area contributed by atoms with E-state index in [1.807, 2.05) is 35.2 Å². The van der Waals surface area contributed by atoms with Gasteiger partial charge in [-0.25, -0.2) is 8.42 Å². The summed E-state index contributed by atoms with van der Waals surface area (Å²) >= 11 is 0. The first-order valence-electron chi connectivity index (χ1n) is 10.3. The van der Waals surface area contributed by atoms with E-state index in [2.05, 4.69) is 24.1 Å². The van der Waals surface area contributed by atoms with Crippen molar-refractivity contribution in [3.8, 4) is 0 Å². The molecule has 2 heterocycles. The van der Waals surface area contributed by atoms with E-state index in [9.17, 15) is 13.2 Å². The fraction of sp³-hybridized carbons (Fsp3) is 0.667. The lowest BCUT2D eigenvalue weighted by Gasteiger charge is -2.41. The molecule has 2 fully saturated rings. The number of nitrogens with one attached hydrogen (secondary N) is 1. The number of carbonyl (C=O) groups is 1. The molecule has 1 N–H and O–H groups in total. The van der Waals surface area contributed by atoms with Gasteiger partial charge in [-0.15, -0.1) is 0 Å². The van der Waals surface area contributed by atoms with Crippen molar-refractivity contribution >= 4 is 15.7 Å². The molecule has 1 unspecified atom stereocenters. The van der Waals surface area contributed by atoms with Crippen LogP contribution in [-0.4, -0.2) is 73.9 Å². The number of carbonyl (C=O) groups excluding carboxylic acids is 1. The second kappa shape index (κ2) is 8.93. The number of nitrogens with zero attached hydrogens (tertiary/aromatic N) is 2. The summed E-state index contributed by atoms with van der Waals surface area (Å²) in [5.41, 5.74) is 0.817. The summed E-state index contributed by atoms with van der Waals surface area (Å²) < 4.78 is 23.6. The molecule has 1 aromatic carbocycles. The summed E-state index contributed by atoms with van der Waals surface area (Å²) in [6.07, 6.45) is 3.71. The third kappa shape index (κ3) is 5.33. The maximum Gasteiger partial charge on any atom is 0.242 e. The van der Waals surface area contributed by atoms with E-state index in [1.54, 1.807) is 0 Å². The Morgan fingerprint density at radius 1 is 1.04 bits per heavy atom. The highest BCUT2D eigenvalue weighted by Gasteiger charge is 2.34. The molecule has 0 spiro atoms. The van der Waals surface area contributed by atoms with E-state index in [0.29, 0.717) is 19.6 Å². The average molecular weight is 408 g/mol. The first-order chi connectivity index (χ1) is 13.3. The number of piperidine rings is 1. The number of hydrogen-bond donors (Lipinski definition) is 1. The molecule has 28 heavy (non-hydrogen) atoms. The molecule has 0 aromatic heterocycles. The Morgan fingerprint density at radius 3 is 2.25 bits per heavy atom. The van der Waals surface area contributed by atoms with E-state index in [1.165, 1.54) is 19.3 Å². The minimum Gasteiger partial charge on any atom is -0.353 e. The average Bonchev–Trinajstić information content (AvgIpc) is 2.69. The number of benzene rings is 1. The number of hydrogen-bond acceptors (Lipinski definition) is 5. The van der Waals surface area contributed by atoms with Gasteiger partial charge in [0.2, 0.25) is 5.91 Å². The lowest BCUT2D eigenvalue weighted by molar-refractivity contribution is -0.127. The van der Waals surface area contributed by atoms with Gasteiger partial charge in [-0.1, -0.05) is 36.8 Å². The molecule has 2 saturated heterocycles. The number of likely N-dealkylation sites (tertiary alicyclic amines) is 1. The van der Waals surface area contributed by atoms with E-state index < -0.39 is 15.9 Å². The van der Waals surface area contributed by atoms with Crippen molar-refractivity contribution in [2.75, 3.05) is 44.2 Å². The van der Waals surface area contributed by atoms with Crippen LogP contribution in [0.5, 0.6) is 0 Å². The van der Waals surface area contributed by atoms with Crippen molar-refractivity contribution in [1.82, 2.24) is 15.1 Å². The molecular weight excluding hydrogens is 374 g/mol. The van der Waals surface area contributed by atoms with Gasteiger partial charge in [0.15, 0.2) is 9.84 Å². The first-order valence-corrected chi connectivity index (χ1v) is 12.1. The zero-order valence-corrected chi connectivity index (χ0v) is 17.9. The van der Waals surface area contributed by atoms with Gasteiger partial charge in [0.25, 0.3) is 0 Å². The van der Waals surface area contributed by atoms with Gasteiger partial charge in [-0.05, 0) is 45.3 Å². The van der Waals surface area contributed by atoms with Gasteiger partial charge < -0.3 is 5.32 Å². The smallest absolute Gasteiger partial charge is 0.242 e. The number of rotatable bonds is 6. The van der Waals surface area contributed by atoms with Gasteiger partial charge in [0.1, 0.15) is 6.04 Å². The Balaban J connectivity index is 1.70. The standard InChI is InChI=1S/C21H33N3O3S/c1-21(2,24-11-7-4-8-12-24)17-22-20(25)19(18-9-5-3-6-10-18)23-13-15-28(26,27)16-14-23/h3,5-6,9-10,19H,4,7-8,11-17H2,1-2H3,(H,22,25). The number of amides is 1. The molecular formula is C21H33N3O3S. The predicted octanol–water partition coefficient (Wildman–Crippen LogP) is 1.84. The fourth-order valence-corrected chi connectivity index (χ4v) is 5.39. The van der Waals surface area contributed by atoms with E-state index in [-0.39, 0.29) is 23.0 Å². The van der Waals surface area contributed by atoms with Crippen molar-refractivity contribution in [2.24, 2.45) is 0 Å². The zero-order chi connectivity index (χ0) is 20.2. The highest BCUT2D eigenvalue weighted by Crippen LogP contribution is 2.24. The molecule has 6 nitrogen and oxygen atoms in total. The molecule has 7 heteroatoms. The Morgan fingerprint density at radius 2 is 1.64 bits per heavy atom. The summed E-state index contributed by atoms with van der Waals surface area (Å²) in [7, 11) is -2.99. The molecule has 1 aromatic rings. The van der Waals surface area contributed by atoms with Crippen LogP contribution in [0.2, 0.25) is 0 Å². The summed E-state index contributed by atoms with van der Waals surface area (Å²) in [4.78, 5) is 17.7. The Bertz CT molecular complexity index is 744. The molecule has 1 amide bonds. The van der Waals surface area contributed by atoms with Gasteiger partial charge in [-0.2, -0.15) is 0 Å². The molecule has 0 saturated carbocycles. The molecule has 2 aliphatic heterocycles. The molecule has 0 aliphatic carbocycles. The molecule has 0 bridgehead atoms. The Hall–Kier alpha value is -1.44. The quantitative estimate of drug-likeness (QED) is 0.779. The van der Waals surface area contributed by atoms with Crippen LogP contribution in [-0.2, 0) is 14.6 Å². The second-order valence-electron chi connectivity index (χ2n) is 8.58. The van der Waals surface area contributed by atoms with Gasteiger partial charge in [0.05, 0.1) is 11.5 Å². The first kappa shape index (κ1) is 21.3. The van der Waals surface area contributed by atoms with Crippen LogP contribution >= 0.6 is 0 Å². The van der Waals surface area contributed by atoms with Crippen molar-refractivity contribution in [2.45, 2.75) is 44.7 Å². The van der Waals surface area contributed by atoms with Crippen molar-refractivity contribution in [3.05, 3.63) is 35.9 Å². The Labute approximate surface area is 169 Å². The van der Waals surface area contributed by atoms with E-state index >= 15 is 0 Å². The monoisotopic (exact) mass is 407 g/mol. The topological polar surface area (TPSA) is 69.7 Å². The molecule has 2 aliphatic rings. The van der Waals surface area contributed by atoms with Crippen LogP contribution in [0.15, 0.2) is 30.3 Å². The SMILES string of the molecule is CC(C)(CNC(=O)C(c1ccccc1)N1CCS(=O)(=O)CC1)N1CCCCC1. The lowest BCUT2D eigenvalue weighted by Crippen LogP contribution is -2.55. The van der Waals surface area contributed by atoms with E-state index in [4.69, 9.17) is 0 Å². The maximum atomic E-state index is 13.2. The van der Waals surface area contributed by atoms with Crippen LogP contribution in [0.4, 0.5) is 0 Å². The van der Waals surface area contributed by atoms with Gasteiger partial charge in [0, 0.05) is 25.2 Å². The summed E-state index contributed by atoms with van der Waals surface area (Å²) in [6, 6.07) is 9.22. The lowest BCUT2D eigenvalue weighted by atomic mass is 9.97. The van der Waals surface area contributed by atoms with Crippen molar-refractivity contribution in [1.29, 1.82) is 0 Å². The molecule has 1 atom stereocenters. The third-order valence-electron chi connectivity index (χ3n) is 6.02. The summed E-state index contributed by atoms with van der Waals surface area (Å²) in [5.74, 6) is 0.182.